The maximum absolute atomic E-state index is 13.1. The van der Waals surface area contributed by atoms with Gasteiger partial charge >= 0.3 is 0 Å². The number of hydrogen-bond donors (Lipinski definition) is 1. The molecular weight excluding hydrogens is 314 g/mol. The van der Waals surface area contributed by atoms with E-state index < -0.39 is 0 Å². The summed E-state index contributed by atoms with van der Waals surface area (Å²) >= 11 is 6.32. The summed E-state index contributed by atoms with van der Waals surface area (Å²) in [6, 6.07) is 3.66. The Labute approximate surface area is 142 Å². The number of rotatable bonds is 2. The number of aliphatic hydroxyl groups is 1. The van der Waals surface area contributed by atoms with Gasteiger partial charge in [-0.1, -0.05) is 18.0 Å². The molecule has 23 heavy (non-hydrogen) atoms. The molecule has 1 aromatic rings. The first kappa shape index (κ1) is 16.7. The summed E-state index contributed by atoms with van der Waals surface area (Å²) in [5.41, 5.74) is 2.69. The third-order valence-corrected chi connectivity index (χ3v) is 5.58. The minimum Gasteiger partial charge on any atom is -0.393 e. The van der Waals surface area contributed by atoms with Crippen molar-refractivity contribution in [3.63, 3.8) is 0 Å². The number of amides is 1. The largest absolute Gasteiger partial charge is 0.393 e. The quantitative estimate of drug-likeness (QED) is 0.902. The minimum absolute atomic E-state index is 0.0505. The molecule has 1 amide bonds. The summed E-state index contributed by atoms with van der Waals surface area (Å²) < 4.78 is 5.59. The second kappa shape index (κ2) is 6.80. The van der Waals surface area contributed by atoms with E-state index in [2.05, 4.69) is 0 Å². The molecule has 0 spiro atoms. The highest BCUT2D eigenvalue weighted by atomic mass is 35.5. The first-order chi connectivity index (χ1) is 11.0. The van der Waals surface area contributed by atoms with Crippen LogP contribution in [-0.4, -0.2) is 47.8 Å². The van der Waals surface area contributed by atoms with Crippen molar-refractivity contribution in [3.8, 4) is 0 Å². The zero-order chi connectivity index (χ0) is 16.6. The predicted molar refractivity (Wildman–Crippen MR) is 89.9 cm³/mol. The summed E-state index contributed by atoms with van der Waals surface area (Å²) in [5.74, 6) is 0.0510. The molecule has 0 bridgehead atoms. The topological polar surface area (TPSA) is 49.8 Å². The average Bonchev–Trinajstić information content (AvgIpc) is 2.96. The summed E-state index contributed by atoms with van der Waals surface area (Å²) in [4.78, 5) is 14.9. The molecule has 1 aliphatic heterocycles. The van der Waals surface area contributed by atoms with E-state index in [9.17, 15) is 9.90 Å². The number of carbonyl (C=O) groups is 1. The first-order valence-electron chi connectivity index (χ1n) is 8.32. The zero-order valence-corrected chi connectivity index (χ0v) is 14.5. The number of ether oxygens (including phenoxy) is 1. The molecule has 0 radical (unpaired) electrons. The normalized spacial score (nSPS) is 28.2. The van der Waals surface area contributed by atoms with Gasteiger partial charge in [-0.25, -0.2) is 0 Å². The molecule has 3 unspecified atom stereocenters. The number of morpholine rings is 1. The van der Waals surface area contributed by atoms with Crippen LogP contribution in [0.2, 0.25) is 5.02 Å². The van der Waals surface area contributed by atoms with Gasteiger partial charge in [0, 0.05) is 12.5 Å². The van der Waals surface area contributed by atoms with Gasteiger partial charge in [0.2, 0.25) is 0 Å². The summed E-state index contributed by atoms with van der Waals surface area (Å²) in [5, 5.41) is 10.7. The Morgan fingerprint density at radius 1 is 1.30 bits per heavy atom. The van der Waals surface area contributed by atoms with Gasteiger partial charge in [0.05, 0.1) is 35.9 Å². The number of aryl methyl sites for hydroxylation is 2. The average molecular weight is 338 g/mol. The van der Waals surface area contributed by atoms with Crippen molar-refractivity contribution in [3.05, 3.63) is 33.8 Å². The van der Waals surface area contributed by atoms with Gasteiger partial charge in [0.1, 0.15) is 0 Å². The molecule has 2 aliphatic rings. The number of hydrogen-bond acceptors (Lipinski definition) is 3. The standard InChI is InChI=1S/C18H24ClNO3/c1-11-8-14(15(19)9-12(11)2)18(22)20-6-7-23-10-16(20)13-4-3-5-17(13)21/h8-9,13,16-17,21H,3-7,10H2,1-2H3. The van der Waals surface area contributed by atoms with Crippen LogP contribution >= 0.6 is 11.6 Å². The molecule has 0 aromatic heterocycles. The molecule has 1 aromatic carbocycles. The molecule has 3 atom stereocenters. The summed E-state index contributed by atoms with van der Waals surface area (Å²) in [7, 11) is 0. The Morgan fingerprint density at radius 2 is 2.04 bits per heavy atom. The van der Waals surface area contributed by atoms with Crippen molar-refractivity contribution in [2.45, 2.75) is 45.3 Å². The van der Waals surface area contributed by atoms with Gasteiger partial charge in [0.25, 0.3) is 5.91 Å². The molecular formula is C18H24ClNO3. The Morgan fingerprint density at radius 3 is 2.74 bits per heavy atom. The molecule has 126 valence electrons. The molecule has 1 saturated carbocycles. The third-order valence-electron chi connectivity index (χ3n) is 5.27. The Balaban J connectivity index is 1.88. The number of benzene rings is 1. The van der Waals surface area contributed by atoms with E-state index in [4.69, 9.17) is 16.3 Å². The van der Waals surface area contributed by atoms with Crippen molar-refractivity contribution in [1.82, 2.24) is 4.90 Å². The monoisotopic (exact) mass is 337 g/mol. The Hall–Kier alpha value is -1.10. The fourth-order valence-corrected chi connectivity index (χ4v) is 4.05. The fourth-order valence-electron chi connectivity index (χ4n) is 3.75. The number of halogens is 1. The highest BCUT2D eigenvalue weighted by Crippen LogP contribution is 2.33. The predicted octanol–water partition coefficient (Wildman–Crippen LogP) is 2.96. The molecule has 5 heteroatoms. The van der Waals surface area contributed by atoms with Gasteiger partial charge < -0.3 is 14.7 Å². The second-order valence-corrected chi connectivity index (χ2v) is 7.13. The number of aliphatic hydroxyl groups excluding tert-OH is 1. The van der Waals surface area contributed by atoms with Crippen molar-refractivity contribution < 1.29 is 14.6 Å². The molecule has 2 fully saturated rings. The van der Waals surface area contributed by atoms with Crippen LogP contribution in [0.5, 0.6) is 0 Å². The van der Waals surface area contributed by atoms with E-state index in [1.807, 2.05) is 30.9 Å². The minimum atomic E-state index is -0.341. The Bertz CT molecular complexity index is 604. The summed E-state index contributed by atoms with van der Waals surface area (Å²) in [6.07, 6.45) is 2.43. The lowest BCUT2D eigenvalue weighted by Gasteiger charge is -2.40. The van der Waals surface area contributed by atoms with Crippen molar-refractivity contribution in [2.75, 3.05) is 19.8 Å². The van der Waals surface area contributed by atoms with E-state index in [1.165, 1.54) is 0 Å². The zero-order valence-electron chi connectivity index (χ0n) is 13.7. The van der Waals surface area contributed by atoms with Crippen LogP contribution in [-0.2, 0) is 4.74 Å². The molecule has 1 N–H and O–H groups in total. The lowest BCUT2D eigenvalue weighted by atomic mass is 9.93. The summed E-state index contributed by atoms with van der Waals surface area (Å²) in [6.45, 7) is 5.56. The molecule has 3 rings (SSSR count). The van der Waals surface area contributed by atoms with Crippen LogP contribution in [0.25, 0.3) is 0 Å². The van der Waals surface area contributed by atoms with Crippen LogP contribution in [0, 0.1) is 19.8 Å². The van der Waals surface area contributed by atoms with Gasteiger partial charge in [0.15, 0.2) is 0 Å². The van der Waals surface area contributed by atoms with Crippen LogP contribution in [0.4, 0.5) is 0 Å². The van der Waals surface area contributed by atoms with Gasteiger partial charge in [-0.15, -0.1) is 0 Å². The fraction of sp³-hybridized carbons (Fsp3) is 0.611. The van der Waals surface area contributed by atoms with Crippen LogP contribution < -0.4 is 0 Å². The van der Waals surface area contributed by atoms with Gasteiger partial charge in [-0.2, -0.15) is 0 Å². The van der Waals surface area contributed by atoms with Crippen LogP contribution in [0.3, 0.4) is 0 Å². The lowest BCUT2D eigenvalue weighted by molar-refractivity contribution is -0.0383. The molecule has 1 saturated heterocycles. The molecule has 1 heterocycles. The van der Waals surface area contributed by atoms with E-state index in [1.54, 1.807) is 0 Å². The number of nitrogens with zero attached hydrogens (tertiary/aromatic N) is 1. The Kier molecular flexibility index (Phi) is 4.95. The van der Waals surface area contributed by atoms with Crippen molar-refractivity contribution >= 4 is 17.5 Å². The highest BCUT2D eigenvalue weighted by Gasteiger charge is 2.40. The second-order valence-electron chi connectivity index (χ2n) is 6.72. The van der Waals surface area contributed by atoms with E-state index >= 15 is 0 Å². The van der Waals surface area contributed by atoms with Gasteiger partial charge in [-0.3, -0.25) is 4.79 Å². The lowest BCUT2D eigenvalue weighted by Crippen LogP contribution is -2.53. The van der Waals surface area contributed by atoms with E-state index in [-0.39, 0.29) is 24.0 Å². The SMILES string of the molecule is Cc1cc(Cl)c(C(=O)N2CCOCC2C2CCCC2O)cc1C. The van der Waals surface area contributed by atoms with Crippen LogP contribution in [0.15, 0.2) is 12.1 Å². The molecule has 4 nitrogen and oxygen atoms in total. The number of carbonyl (C=O) groups excluding carboxylic acids is 1. The maximum atomic E-state index is 13.1. The maximum Gasteiger partial charge on any atom is 0.255 e. The van der Waals surface area contributed by atoms with Crippen molar-refractivity contribution in [1.29, 1.82) is 0 Å². The van der Waals surface area contributed by atoms with Crippen molar-refractivity contribution in [2.24, 2.45) is 5.92 Å². The molecule has 1 aliphatic carbocycles. The first-order valence-corrected chi connectivity index (χ1v) is 8.70. The smallest absolute Gasteiger partial charge is 0.255 e. The van der Waals surface area contributed by atoms with Crippen LogP contribution in [0.1, 0.15) is 40.7 Å². The van der Waals surface area contributed by atoms with Gasteiger partial charge in [-0.05, 0) is 49.9 Å². The highest BCUT2D eigenvalue weighted by molar-refractivity contribution is 6.34. The van der Waals surface area contributed by atoms with E-state index in [0.29, 0.717) is 30.3 Å². The van der Waals surface area contributed by atoms with E-state index in [0.717, 1.165) is 30.4 Å². The third kappa shape index (κ3) is 3.25.